The molecule has 14 heavy (non-hydrogen) atoms. The first kappa shape index (κ1) is 9.97. The van der Waals surface area contributed by atoms with Crippen molar-refractivity contribution in [1.82, 2.24) is 4.90 Å². The molecule has 0 spiro atoms. The third-order valence-electron chi connectivity index (χ3n) is 3.35. The molecule has 1 aliphatic heterocycles. The van der Waals surface area contributed by atoms with Gasteiger partial charge in [-0.1, -0.05) is 6.42 Å². The highest BCUT2D eigenvalue weighted by atomic mass is 15.2. The maximum atomic E-state index is 8.05. The average molecular weight is 195 g/mol. The molecular formula is C11H21N3. The van der Waals surface area contributed by atoms with Crippen LogP contribution in [0.4, 0.5) is 0 Å². The lowest BCUT2D eigenvalue weighted by Gasteiger charge is -2.32. The van der Waals surface area contributed by atoms with Crippen LogP contribution in [0, 0.1) is 5.41 Å². The molecule has 2 fully saturated rings. The van der Waals surface area contributed by atoms with Gasteiger partial charge in [-0.3, -0.25) is 5.41 Å². The molecule has 2 rings (SSSR count). The third-order valence-corrected chi connectivity index (χ3v) is 3.35. The number of amidine groups is 1. The number of nitrogens with zero attached hydrogens (tertiary/aromatic N) is 1. The summed E-state index contributed by atoms with van der Waals surface area (Å²) in [5.41, 5.74) is 5.64. The largest absolute Gasteiger partial charge is 0.355 e. The van der Waals surface area contributed by atoms with Crippen molar-refractivity contribution < 1.29 is 0 Å². The number of rotatable bonds is 3. The molecule has 0 bridgehead atoms. The number of likely N-dealkylation sites (tertiary alicyclic amines) is 1. The number of nitrogens with two attached hydrogens (primary N) is 1. The van der Waals surface area contributed by atoms with Gasteiger partial charge in [0.1, 0.15) is 0 Å². The standard InChI is InChI=1S/C11H21N3/c12-8-7-9-3-1-2-4-11(13)14(9)10-5-6-10/h9-10,13H,1-8,12H2. The zero-order valence-corrected chi connectivity index (χ0v) is 8.84. The van der Waals surface area contributed by atoms with Crippen LogP contribution in [0.5, 0.6) is 0 Å². The molecule has 0 radical (unpaired) electrons. The van der Waals surface area contributed by atoms with Crippen LogP contribution >= 0.6 is 0 Å². The Hall–Kier alpha value is -0.570. The van der Waals surface area contributed by atoms with Crippen molar-refractivity contribution in [3.05, 3.63) is 0 Å². The molecule has 3 nitrogen and oxygen atoms in total. The quantitative estimate of drug-likeness (QED) is 0.720. The van der Waals surface area contributed by atoms with Crippen molar-refractivity contribution in [2.75, 3.05) is 6.54 Å². The van der Waals surface area contributed by atoms with Gasteiger partial charge in [-0.15, -0.1) is 0 Å². The topological polar surface area (TPSA) is 53.1 Å². The highest BCUT2D eigenvalue weighted by Gasteiger charge is 2.35. The van der Waals surface area contributed by atoms with Crippen LogP contribution in [0.15, 0.2) is 0 Å². The molecule has 0 aromatic heterocycles. The summed E-state index contributed by atoms with van der Waals surface area (Å²) in [5, 5.41) is 8.05. The van der Waals surface area contributed by atoms with Crippen LogP contribution in [-0.4, -0.2) is 29.4 Å². The van der Waals surface area contributed by atoms with Gasteiger partial charge in [0.05, 0.1) is 5.84 Å². The smallest absolute Gasteiger partial charge is 0.0962 e. The van der Waals surface area contributed by atoms with Crippen LogP contribution in [0.25, 0.3) is 0 Å². The van der Waals surface area contributed by atoms with Gasteiger partial charge in [0, 0.05) is 18.5 Å². The van der Waals surface area contributed by atoms with Crippen LogP contribution in [0.1, 0.15) is 44.9 Å². The van der Waals surface area contributed by atoms with Gasteiger partial charge in [0.15, 0.2) is 0 Å². The second kappa shape index (κ2) is 4.30. The summed E-state index contributed by atoms with van der Waals surface area (Å²) in [6.07, 6.45) is 8.36. The number of hydrogen-bond acceptors (Lipinski definition) is 2. The van der Waals surface area contributed by atoms with Gasteiger partial charge in [0.2, 0.25) is 0 Å². The molecule has 1 saturated carbocycles. The SMILES string of the molecule is N=C1CCCCC(CCN)N1C1CC1. The summed E-state index contributed by atoms with van der Waals surface area (Å²) >= 11 is 0. The third kappa shape index (κ3) is 2.08. The zero-order valence-electron chi connectivity index (χ0n) is 8.84. The van der Waals surface area contributed by atoms with Crippen LogP contribution < -0.4 is 5.73 Å². The van der Waals surface area contributed by atoms with Crippen LogP contribution in [0.3, 0.4) is 0 Å². The van der Waals surface area contributed by atoms with E-state index in [1.807, 2.05) is 0 Å². The monoisotopic (exact) mass is 195 g/mol. The lowest BCUT2D eigenvalue weighted by Crippen LogP contribution is -2.41. The predicted octanol–water partition coefficient (Wildman–Crippen LogP) is 1.72. The number of nitrogens with one attached hydrogen (secondary N) is 1. The minimum Gasteiger partial charge on any atom is -0.355 e. The van der Waals surface area contributed by atoms with E-state index in [0.29, 0.717) is 12.1 Å². The molecule has 1 atom stereocenters. The molecule has 0 aromatic rings. The lowest BCUT2D eigenvalue weighted by molar-refractivity contribution is 0.276. The zero-order chi connectivity index (χ0) is 9.97. The van der Waals surface area contributed by atoms with E-state index in [4.69, 9.17) is 11.1 Å². The fraction of sp³-hybridized carbons (Fsp3) is 0.909. The normalized spacial score (nSPS) is 29.1. The van der Waals surface area contributed by atoms with Crippen molar-refractivity contribution in [2.45, 2.75) is 57.0 Å². The molecule has 1 heterocycles. The maximum absolute atomic E-state index is 8.05. The van der Waals surface area contributed by atoms with Gasteiger partial charge in [0.25, 0.3) is 0 Å². The van der Waals surface area contributed by atoms with Gasteiger partial charge >= 0.3 is 0 Å². The summed E-state index contributed by atoms with van der Waals surface area (Å²) in [4.78, 5) is 2.37. The summed E-state index contributed by atoms with van der Waals surface area (Å²) < 4.78 is 0. The van der Waals surface area contributed by atoms with E-state index in [1.54, 1.807) is 0 Å². The molecule has 80 valence electrons. The Bertz CT molecular complexity index is 211. The molecule has 3 heteroatoms. The lowest BCUT2D eigenvalue weighted by atomic mass is 10.1. The molecular weight excluding hydrogens is 174 g/mol. The fourth-order valence-electron chi connectivity index (χ4n) is 2.51. The maximum Gasteiger partial charge on any atom is 0.0962 e. The molecule has 0 aromatic carbocycles. The van der Waals surface area contributed by atoms with Crippen molar-refractivity contribution in [3.8, 4) is 0 Å². The van der Waals surface area contributed by atoms with E-state index in [-0.39, 0.29) is 0 Å². The second-order valence-corrected chi connectivity index (χ2v) is 4.56. The van der Waals surface area contributed by atoms with Crippen LogP contribution in [-0.2, 0) is 0 Å². The average Bonchev–Trinajstić information content (AvgIpc) is 2.94. The fourth-order valence-corrected chi connectivity index (χ4v) is 2.51. The predicted molar refractivity (Wildman–Crippen MR) is 58.5 cm³/mol. The molecule has 1 saturated heterocycles. The van der Waals surface area contributed by atoms with E-state index >= 15 is 0 Å². The van der Waals surface area contributed by atoms with Gasteiger partial charge in [-0.2, -0.15) is 0 Å². The Kier molecular flexibility index (Phi) is 3.06. The Morgan fingerprint density at radius 1 is 1.29 bits per heavy atom. The first-order valence-corrected chi connectivity index (χ1v) is 5.88. The summed E-state index contributed by atoms with van der Waals surface area (Å²) in [7, 11) is 0. The van der Waals surface area contributed by atoms with Crippen molar-refractivity contribution in [3.63, 3.8) is 0 Å². The number of hydrogen-bond donors (Lipinski definition) is 2. The molecule has 0 amide bonds. The second-order valence-electron chi connectivity index (χ2n) is 4.56. The first-order chi connectivity index (χ1) is 6.83. The van der Waals surface area contributed by atoms with E-state index in [1.165, 1.54) is 32.1 Å². The summed E-state index contributed by atoms with van der Waals surface area (Å²) in [5.74, 6) is 0.878. The molecule has 2 aliphatic rings. The molecule has 3 N–H and O–H groups in total. The van der Waals surface area contributed by atoms with E-state index in [0.717, 1.165) is 25.2 Å². The summed E-state index contributed by atoms with van der Waals surface area (Å²) in [6, 6.07) is 1.26. The minimum absolute atomic E-state index is 0.572. The van der Waals surface area contributed by atoms with Gasteiger partial charge in [-0.25, -0.2) is 0 Å². The Morgan fingerprint density at radius 2 is 2.07 bits per heavy atom. The first-order valence-electron chi connectivity index (χ1n) is 5.88. The Balaban J connectivity index is 2.04. The van der Waals surface area contributed by atoms with E-state index in [9.17, 15) is 0 Å². The minimum atomic E-state index is 0.572. The van der Waals surface area contributed by atoms with Gasteiger partial charge < -0.3 is 10.6 Å². The summed E-state index contributed by atoms with van der Waals surface area (Å²) in [6.45, 7) is 0.765. The molecule has 1 unspecified atom stereocenters. The Labute approximate surface area is 86.2 Å². The van der Waals surface area contributed by atoms with E-state index in [2.05, 4.69) is 4.90 Å². The van der Waals surface area contributed by atoms with Crippen molar-refractivity contribution >= 4 is 5.84 Å². The highest BCUT2D eigenvalue weighted by Crippen LogP contribution is 2.33. The van der Waals surface area contributed by atoms with Crippen LogP contribution in [0.2, 0.25) is 0 Å². The molecule has 1 aliphatic carbocycles. The highest BCUT2D eigenvalue weighted by molar-refractivity contribution is 5.80. The van der Waals surface area contributed by atoms with Crippen molar-refractivity contribution in [2.24, 2.45) is 5.73 Å². The van der Waals surface area contributed by atoms with Gasteiger partial charge in [-0.05, 0) is 38.6 Å². The Morgan fingerprint density at radius 3 is 2.71 bits per heavy atom. The van der Waals surface area contributed by atoms with Crippen molar-refractivity contribution in [1.29, 1.82) is 5.41 Å². The van der Waals surface area contributed by atoms with E-state index < -0.39 is 0 Å².